The number of ether oxygens (including phenoxy) is 1. The minimum absolute atomic E-state index is 0.0313. The zero-order valence-electron chi connectivity index (χ0n) is 14.2. The van der Waals surface area contributed by atoms with Crippen LogP contribution in [-0.4, -0.2) is 30.5 Å². The summed E-state index contributed by atoms with van der Waals surface area (Å²) in [6.07, 6.45) is 1.90. The minimum atomic E-state index is -0.603. The highest BCUT2D eigenvalue weighted by Gasteiger charge is 2.12. The summed E-state index contributed by atoms with van der Waals surface area (Å²) in [5.41, 5.74) is 0.992. The number of Topliss-reactive ketones (excluding diaryl/α,β-unsaturated/α-hetero) is 1. The topological polar surface area (TPSA) is 72.5 Å². The average Bonchev–Trinajstić information content (AvgIpc) is 2.66. The Bertz CT molecular complexity index is 792. The van der Waals surface area contributed by atoms with Crippen molar-refractivity contribution in [3.8, 4) is 0 Å². The Morgan fingerprint density at radius 3 is 2.38 bits per heavy atom. The van der Waals surface area contributed by atoms with E-state index in [0.29, 0.717) is 16.3 Å². The van der Waals surface area contributed by atoms with Crippen molar-refractivity contribution < 1.29 is 19.1 Å². The van der Waals surface area contributed by atoms with Gasteiger partial charge in [-0.25, -0.2) is 0 Å². The third-order valence-electron chi connectivity index (χ3n) is 3.48. The van der Waals surface area contributed by atoms with Crippen molar-refractivity contribution in [2.45, 2.75) is 17.7 Å². The molecule has 0 radical (unpaired) electrons. The van der Waals surface area contributed by atoms with Crippen LogP contribution in [0.4, 0.5) is 5.69 Å². The van der Waals surface area contributed by atoms with E-state index in [0.717, 1.165) is 4.90 Å². The Balaban J connectivity index is 1.73. The lowest BCUT2D eigenvalue weighted by atomic mass is 10.1. The summed E-state index contributed by atoms with van der Waals surface area (Å²) in [5, 5.41) is 2.94. The van der Waals surface area contributed by atoms with Gasteiger partial charge >= 0.3 is 5.97 Å². The van der Waals surface area contributed by atoms with E-state index < -0.39 is 18.5 Å². The van der Waals surface area contributed by atoms with Gasteiger partial charge in [-0.1, -0.05) is 35.9 Å². The van der Waals surface area contributed by atoms with Crippen molar-refractivity contribution in [1.29, 1.82) is 0 Å². The van der Waals surface area contributed by atoms with E-state index in [1.165, 1.54) is 0 Å². The molecule has 0 heterocycles. The predicted octanol–water partition coefficient (Wildman–Crippen LogP) is 4.21. The lowest BCUT2D eigenvalue weighted by molar-refractivity contribution is -0.147. The van der Waals surface area contributed by atoms with E-state index in [9.17, 15) is 14.4 Å². The average molecular weight is 392 g/mol. The predicted molar refractivity (Wildman–Crippen MR) is 103 cm³/mol. The Labute approximate surface area is 161 Å². The number of thioether (sulfide) groups is 1. The quantitative estimate of drug-likeness (QED) is 0.414. The van der Waals surface area contributed by atoms with Crippen LogP contribution in [0.25, 0.3) is 0 Å². The SMILES string of the molecule is CSc1ccc(C(=O)CCC(=O)OCC(=O)Nc2ccccc2Cl)cc1. The van der Waals surface area contributed by atoms with E-state index in [1.54, 1.807) is 48.2 Å². The van der Waals surface area contributed by atoms with Gasteiger partial charge in [0.05, 0.1) is 17.1 Å². The molecule has 0 saturated heterocycles. The van der Waals surface area contributed by atoms with Crippen molar-refractivity contribution in [3.63, 3.8) is 0 Å². The lowest BCUT2D eigenvalue weighted by Crippen LogP contribution is -2.21. The van der Waals surface area contributed by atoms with Crippen LogP contribution in [0.1, 0.15) is 23.2 Å². The van der Waals surface area contributed by atoms with Gasteiger partial charge < -0.3 is 10.1 Å². The molecule has 0 spiro atoms. The van der Waals surface area contributed by atoms with Gasteiger partial charge in [0.1, 0.15) is 0 Å². The van der Waals surface area contributed by atoms with Crippen LogP contribution in [0.2, 0.25) is 5.02 Å². The number of para-hydroxylation sites is 1. The number of hydrogen-bond donors (Lipinski definition) is 1. The summed E-state index contributed by atoms with van der Waals surface area (Å²) in [7, 11) is 0. The maximum Gasteiger partial charge on any atom is 0.306 e. The number of benzene rings is 2. The number of carbonyl (C=O) groups excluding carboxylic acids is 3. The summed E-state index contributed by atoms with van der Waals surface area (Å²) in [6.45, 7) is -0.430. The molecule has 0 fully saturated rings. The molecule has 2 aromatic carbocycles. The summed E-state index contributed by atoms with van der Waals surface area (Å²) in [5.74, 6) is -1.24. The number of nitrogens with one attached hydrogen (secondary N) is 1. The van der Waals surface area contributed by atoms with Gasteiger partial charge in [0.2, 0.25) is 0 Å². The van der Waals surface area contributed by atoms with E-state index in [4.69, 9.17) is 16.3 Å². The molecule has 1 N–H and O–H groups in total. The first-order valence-corrected chi connectivity index (χ1v) is 9.47. The highest BCUT2D eigenvalue weighted by Crippen LogP contribution is 2.20. The first-order chi connectivity index (χ1) is 12.5. The molecule has 5 nitrogen and oxygen atoms in total. The molecule has 0 aliphatic carbocycles. The zero-order chi connectivity index (χ0) is 18.9. The van der Waals surface area contributed by atoms with Crippen LogP contribution in [0, 0.1) is 0 Å². The highest BCUT2D eigenvalue weighted by molar-refractivity contribution is 7.98. The van der Waals surface area contributed by atoms with Gasteiger partial charge in [-0.15, -0.1) is 11.8 Å². The Hall–Kier alpha value is -2.31. The van der Waals surface area contributed by atoms with Crippen LogP contribution >= 0.6 is 23.4 Å². The third-order valence-corrected chi connectivity index (χ3v) is 4.55. The maximum absolute atomic E-state index is 12.1. The molecule has 7 heteroatoms. The molecular formula is C19H18ClNO4S. The molecule has 2 rings (SSSR count). The number of carbonyl (C=O) groups is 3. The normalized spacial score (nSPS) is 10.2. The van der Waals surface area contributed by atoms with Gasteiger partial charge in [-0.3, -0.25) is 14.4 Å². The van der Waals surface area contributed by atoms with Gasteiger partial charge in [0.15, 0.2) is 12.4 Å². The van der Waals surface area contributed by atoms with E-state index in [1.807, 2.05) is 18.4 Å². The number of amides is 1. The van der Waals surface area contributed by atoms with Gasteiger partial charge in [-0.2, -0.15) is 0 Å². The molecule has 0 saturated carbocycles. The number of anilines is 1. The fraction of sp³-hybridized carbons (Fsp3) is 0.211. The fourth-order valence-corrected chi connectivity index (χ4v) is 2.70. The molecule has 2 aromatic rings. The van der Waals surface area contributed by atoms with Gasteiger partial charge in [0, 0.05) is 16.9 Å². The van der Waals surface area contributed by atoms with Gasteiger partial charge in [-0.05, 0) is 30.5 Å². The van der Waals surface area contributed by atoms with E-state index in [2.05, 4.69) is 5.32 Å². The zero-order valence-corrected chi connectivity index (χ0v) is 15.7. The Kier molecular flexibility index (Phi) is 7.69. The lowest BCUT2D eigenvalue weighted by Gasteiger charge is -2.08. The monoisotopic (exact) mass is 391 g/mol. The van der Waals surface area contributed by atoms with Crippen molar-refractivity contribution in [2.24, 2.45) is 0 Å². The van der Waals surface area contributed by atoms with Gasteiger partial charge in [0.25, 0.3) is 5.91 Å². The molecule has 26 heavy (non-hydrogen) atoms. The molecule has 0 atom stereocenters. The second-order valence-electron chi connectivity index (χ2n) is 5.34. The molecule has 0 aliphatic heterocycles. The minimum Gasteiger partial charge on any atom is -0.456 e. The number of hydrogen-bond acceptors (Lipinski definition) is 5. The maximum atomic E-state index is 12.1. The largest absolute Gasteiger partial charge is 0.456 e. The standard InChI is InChI=1S/C19H18ClNO4S/c1-26-14-8-6-13(7-9-14)17(22)10-11-19(24)25-12-18(23)21-16-5-3-2-4-15(16)20/h2-9H,10-12H2,1H3,(H,21,23). The Morgan fingerprint density at radius 2 is 1.73 bits per heavy atom. The molecule has 0 aliphatic rings. The number of halogens is 1. The fourth-order valence-electron chi connectivity index (χ4n) is 2.10. The van der Waals surface area contributed by atoms with Crippen LogP contribution in [-0.2, 0) is 14.3 Å². The third kappa shape index (κ3) is 6.20. The molecule has 0 aromatic heterocycles. The molecular weight excluding hydrogens is 374 g/mol. The van der Waals surface area contributed by atoms with E-state index in [-0.39, 0.29) is 18.6 Å². The number of ketones is 1. The number of rotatable bonds is 8. The van der Waals surface area contributed by atoms with Crippen LogP contribution in [0.5, 0.6) is 0 Å². The van der Waals surface area contributed by atoms with Crippen molar-refractivity contribution in [2.75, 3.05) is 18.2 Å². The molecule has 1 amide bonds. The smallest absolute Gasteiger partial charge is 0.306 e. The van der Waals surface area contributed by atoms with Crippen LogP contribution in [0.15, 0.2) is 53.4 Å². The summed E-state index contributed by atoms with van der Waals surface area (Å²) >= 11 is 7.52. The molecule has 0 unspecified atom stereocenters. The summed E-state index contributed by atoms with van der Waals surface area (Å²) < 4.78 is 4.89. The summed E-state index contributed by atoms with van der Waals surface area (Å²) in [4.78, 5) is 36.6. The Morgan fingerprint density at radius 1 is 1.04 bits per heavy atom. The summed E-state index contributed by atoms with van der Waals surface area (Å²) in [6, 6.07) is 13.9. The van der Waals surface area contributed by atoms with Crippen LogP contribution < -0.4 is 5.32 Å². The van der Waals surface area contributed by atoms with Crippen molar-refractivity contribution in [1.82, 2.24) is 0 Å². The highest BCUT2D eigenvalue weighted by atomic mass is 35.5. The number of esters is 1. The molecule has 0 bridgehead atoms. The second kappa shape index (κ2) is 9.99. The molecule has 136 valence electrons. The van der Waals surface area contributed by atoms with Crippen LogP contribution in [0.3, 0.4) is 0 Å². The first kappa shape index (κ1) is 20.0. The van der Waals surface area contributed by atoms with Crippen molar-refractivity contribution in [3.05, 3.63) is 59.1 Å². The second-order valence-corrected chi connectivity index (χ2v) is 6.63. The first-order valence-electron chi connectivity index (χ1n) is 7.87. The van der Waals surface area contributed by atoms with Crippen molar-refractivity contribution >= 4 is 46.7 Å². The van der Waals surface area contributed by atoms with E-state index >= 15 is 0 Å².